The number of rotatable bonds is 7. The van der Waals surface area contributed by atoms with Crippen molar-refractivity contribution in [1.82, 2.24) is 10.2 Å². The molecule has 1 heterocycles. The quantitative estimate of drug-likeness (QED) is 0.686. The highest BCUT2D eigenvalue weighted by Gasteiger charge is 2.18. The predicted molar refractivity (Wildman–Crippen MR) is 95.2 cm³/mol. The molecule has 0 aliphatic heterocycles. The molecule has 128 valence electrons. The van der Waals surface area contributed by atoms with Gasteiger partial charge in [0.1, 0.15) is 5.82 Å². The number of nitrogens with one attached hydrogen (secondary N) is 1. The fourth-order valence-corrected chi connectivity index (χ4v) is 4.54. The largest absolute Gasteiger partial charge is 0.369 e. The lowest BCUT2D eigenvalue weighted by atomic mass is 10.3. The highest BCUT2D eigenvalue weighted by molar-refractivity contribution is 8.04. The third kappa shape index (κ3) is 5.62. The van der Waals surface area contributed by atoms with E-state index in [1.807, 2.05) is 0 Å². The van der Waals surface area contributed by atoms with Gasteiger partial charge in [0, 0.05) is 5.69 Å². The molecular weight excluding hydrogens is 395 g/mol. The number of aromatic nitrogens is 2. The molecule has 0 bridgehead atoms. The molecule has 0 spiro atoms. The molecular formula is C13H12ClFN4O2S3. The first-order valence-electron chi connectivity index (χ1n) is 6.52. The molecule has 24 heavy (non-hydrogen) atoms. The van der Waals surface area contributed by atoms with Gasteiger partial charge < -0.3 is 11.1 Å². The van der Waals surface area contributed by atoms with Crippen molar-refractivity contribution >= 4 is 64.0 Å². The van der Waals surface area contributed by atoms with Gasteiger partial charge >= 0.3 is 0 Å². The first-order valence-corrected chi connectivity index (χ1v) is 9.58. The van der Waals surface area contributed by atoms with Gasteiger partial charge in [-0.3, -0.25) is 9.59 Å². The van der Waals surface area contributed by atoms with Gasteiger partial charge in [-0.05, 0) is 25.1 Å². The summed E-state index contributed by atoms with van der Waals surface area (Å²) < 4.78 is 14.3. The summed E-state index contributed by atoms with van der Waals surface area (Å²) in [5.41, 5.74) is 5.48. The van der Waals surface area contributed by atoms with E-state index in [0.29, 0.717) is 14.4 Å². The molecule has 1 aromatic carbocycles. The molecule has 0 unspecified atom stereocenters. The van der Waals surface area contributed by atoms with Gasteiger partial charge in [0.05, 0.1) is 16.0 Å². The Morgan fingerprint density at radius 3 is 2.79 bits per heavy atom. The SMILES string of the molecule is C[C@H](Sc1nnc(SCC(N)=O)s1)C(=O)Nc1ccc(F)c(Cl)c1. The van der Waals surface area contributed by atoms with Crippen LogP contribution in [0.15, 0.2) is 26.9 Å². The van der Waals surface area contributed by atoms with E-state index < -0.39 is 17.0 Å². The molecule has 0 aliphatic rings. The second kappa shape index (κ2) is 8.65. The third-order valence-corrected chi connectivity index (χ3v) is 6.11. The van der Waals surface area contributed by atoms with Gasteiger partial charge in [-0.15, -0.1) is 10.2 Å². The van der Waals surface area contributed by atoms with Crippen LogP contribution in [0, 0.1) is 5.82 Å². The molecule has 2 rings (SSSR count). The molecule has 3 N–H and O–H groups in total. The molecule has 0 saturated carbocycles. The summed E-state index contributed by atoms with van der Waals surface area (Å²) in [6, 6.07) is 3.96. The summed E-state index contributed by atoms with van der Waals surface area (Å²) in [5, 5.41) is 10.0. The van der Waals surface area contributed by atoms with Crippen LogP contribution in [0.1, 0.15) is 6.92 Å². The highest BCUT2D eigenvalue weighted by atomic mass is 35.5. The van der Waals surface area contributed by atoms with E-state index in [0.717, 1.165) is 0 Å². The summed E-state index contributed by atoms with van der Waals surface area (Å²) in [5.74, 6) is -1.13. The summed E-state index contributed by atoms with van der Waals surface area (Å²) in [6.07, 6.45) is 0. The molecule has 6 nitrogen and oxygen atoms in total. The van der Waals surface area contributed by atoms with E-state index in [9.17, 15) is 14.0 Å². The first kappa shape index (κ1) is 19.0. The normalized spacial score (nSPS) is 12.0. The van der Waals surface area contributed by atoms with E-state index >= 15 is 0 Å². The van der Waals surface area contributed by atoms with Crippen molar-refractivity contribution in [3.8, 4) is 0 Å². The maximum Gasteiger partial charge on any atom is 0.237 e. The number of primary amides is 1. The van der Waals surface area contributed by atoms with Crippen molar-refractivity contribution in [1.29, 1.82) is 0 Å². The molecule has 2 amide bonds. The van der Waals surface area contributed by atoms with Crippen molar-refractivity contribution in [2.75, 3.05) is 11.1 Å². The third-order valence-electron chi connectivity index (χ3n) is 2.56. The monoisotopic (exact) mass is 406 g/mol. The molecule has 11 heteroatoms. The van der Waals surface area contributed by atoms with Crippen LogP contribution in [-0.2, 0) is 9.59 Å². The van der Waals surface area contributed by atoms with Crippen molar-refractivity contribution in [3.63, 3.8) is 0 Å². The van der Waals surface area contributed by atoms with Crippen LogP contribution >= 0.6 is 46.5 Å². The van der Waals surface area contributed by atoms with E-state index in [2.05, 4.69) is 15.5 Å². The number of nitrogens with zero attached hydrogens (tertiary/aromatic N) is 2. The maximum atomic E-state index is 13.1. The van der Waals surface area contributed by atoms with Gasteiger partial charge in [-0.25, -0.2) is 4.39 Å². The van der Waals surface area contributed by atoms with Gasteiger partial charge in [-0.2, -0.15) is 0 Å². The molecule has 1 atom stereocenters. The topological polar surface area (TPSA) is 98.0 Å². The number of carbonyl (C=O) groups excluding carboxylic acids is 2. The Morgan fingerprint density at radius 1 is 1.42 bits per heavy atom. The van der Waals surface area contributed by atoms with E-state index in [1.54, 1.807) is 6.92 Å². The summed E-state index contributed by atoms with van der Waals surface area (Å²) in [4.78, 5) is 22.9. The van der Waals surface area contributed by atoms with Gasteiger partial charge in [0.25, 0.3) is 0 Å². The predicted octanol–water partition coefficient (Wildman–Crippen LogP) is 3.03. The van der Waals surface area contributed by atoms with E-state index in [1.165, 1.54) is 53.1 Å². The summed E-state index contributed by atoms with van der Waals surface area (Å²) in [7, 11) is 0. The number of hydrogen-bond acceptors (Lipinski definition) is 7. The van der Waals surface area contributed by atoms with Crippen LogP contribution in [0.3, 0.4) is 0 Å². The molecule has 1 aromatic heterocycles. The Labute approximate surface area is 154 Å². The zero-order valence-electron chi connectivity index (χ0n) is 12.3. The fourth-order valence-electron chi connectivity index (χ4n) is 1.46. The standard InChI is InChI=1S/C13H12ClFN4O2S3/c1-6(11(21)17-7-2-3-9(15)8(14)4-7)23-13-19-18-12(24-13)22-5-10(16)20/h2-4,6H,5H2,1H3,(H2,16,20)(H,17,21)/t6-/m0/s1. The number of hydrogen-bond donors (Lipinski definition) is 2. The lowest BCUT2D eigenvalue weighted by molar-refractivity contribution is -0.116. The zero-order valence-corrected chi connectivity index (χ0v) is 15.5. The number of halogens is 2. The second-order valence-electron chi connectivity index (χ2n) is 4.47. The van der Waals surface area contributed by atoms with Crippen LogP contribution in [0.2, 0.25) is 5.02 Å². The average Bonchev–Trinajstić information content (AvgIpc) is 2.96. The van der Waals surface area contributed by atoms with Crippen LogP contribution in [-0.4, -0.2) is 33.0 Å². The molecule has 0 saturated heterocycles. The van der Waals surface area contributed by atoms with E-state index in [-0.39, 0.29) is 16.7 Å². The highest BCUT2D eigenvalue weighted by Crippen LogP contribution is 2.31. The van der Waals surface area contributed by atoms with Crippen LogP contribution < -0.4 is 11.1 Å². The van der Waals surface area contributed by atoms with Crippen molar-refractivity contribution < 1.29 is 14.0 Å². The Kier molecular flexibility index (Phi) is 6.84. The van der Waals surface area contributed by atoms with Crippen molar-refractivity contribution in [2.45, 2.75) is 20.9 Å². The minimum absolute atomic E-state index is 0.0617. The minimum Gasteiger partial charge on any atom is -0.369 e. The smallest absolute Gasteiger partial charge is 0.237 e. The number of carbonyl (C=O) groups is 2. The Morgan fingerprint density at radius 2 is 2.12 bits per heavy atom. The summed E-state index contributed by atoms with van der Waals surface area (Å²) >= 11 is 9.38. The second-order valence-corrected chi connectivity index (χ2v) is 8.66. The lowest BCUT2D eigenvalue weighted by Crippen LogP contribution is -2.22. The van der Waals surface area contributed by atoms with Crippen LogP contribution in [0.5, 0.6) is 0 Å². The average molecular weight is 407 g/mol. The summed E-state index contributed by atoms with van der Waals surface area (Å²) in [6.45, 7) is 1.71. The number of nitrogens with two attached hydrogens (primary N) is 1. The van der Waals surface area contributed by atoms with Gasteiger partial charge in [0.15, 0.2) is 8.68 Å². The fraction of sp³-hybridized carbons (Fsp3) is 0.231. The van der Waals surface area contributed by atoms with Crippen molar-refractivity contribution in [2.24, 2.45) is 5.73 Å². The van der Waals surface area contributed by atoms with Crippen molar-refractivity contribution in [3.05, 3.63) is 29.0 Å². The zero-order chi connectivity index (χ0) is 17.7. The molecule has 0 fully saturated rings. The Hall–Kier alpha value is -1.36. The lowest BCUT2D eigenvalue weighted by Gasteiger charge is -2.10. The molecule has 0 radical (unpaired) electrons. The Balaban J connectivity index is 1.91. The number of amides is 2. The molecule has 2 aromatic rings. The van der Waals surface area contributed by atoms with E-state index in [4.69, 9.17) is 17.3 Å². The number of benzene rings is 1. The first-order chi connectivity index (χ1) is 11.3. The number of anilines is 1. The Bertz CT molecular complexity index is 759. The minimum atomic E-state index is -0.549. The van der Waals surface area contributed by atoms with Crippen LogP contribution in [0.25, 0.3) is 0 Å². The maximum absolute atomic E-state index is 13.1. The van der Waals surface area contributed by atoms with Gasteiger partial charge in [0.2, 0.25) is 11.8 Å². The van der Waals surface area contributed by atoms with Gasteiger partial charge in [-0.1, -0.05) is 46.5 Å². The van der Waals surface area contributed by atoms with Crippen LogP contribution in [0.4, 0.5) is 10.1 Å². The molecule has 0 aliphatic carbocycles. The number of thioether (sulfide) groups is 2.